The lowest BCUT2D eigenvalue weighted by atomic mass is 10.4. The summed E-state index contributed by atoms with van der Waals surface area (Å²) in [6.45, 7) is 0.0297. The number of hydrogen-bond donors (Lipinski definition) is 2. The Hall–Kier alpha value is -1.18. The van der Waals surface area contributed by atoms with E-state index < -0.39 is 10.0 Å². The van der Waals surface area contributed by atoms with Crippen LogP contribution in [0, 0.1) is 0 Å². The molecule has 17 heavy (non-hydrogen) atoms. The van der Waals surface area contributed by atoms with Gasteiger partial charge in [-0.3, -0.25) is 4.79 Å². The van der Waals surface area contributed by atoms with Gasteiger partial charge in [-0.15, -0.1) is 0 Å². The van der Waals surface area contributed by atoms with Crippen molar-refractivity contribution in [3.63, 3.8) is 0 Å². The molecular formula is C9H12ClN3O3S. The summed E-state index contributed by atoms with van der Waals surface area (Å²) in [4.78, 5) is 14.6. The van der Waals surface area contributed by atoms with Crippen molar-refractivity contribution in [2.45, 2.75) is 11.3 Å². The van der Waals surface area contributed by atoms with E-state index in [0.29, 0.717) is 0 Å². The van der Waals surface area contributed by atoms with E-state index in [2.05, 4.69) is 15.0 Å². The summed E-state index contributed by atoms with van der Waals surface area (Å²) in [5, 5.41) is 2.49. The first-order chi connectivity index (χ1) is 7.95. The predicted octanol–water partition coefficient (Wildman–Crippen LogP) is 0.149. The predicted molar refractivity (Wildman–Crippen MR) is 63.1 cm³/mol. The molecule has 1 aromatic heterocycles. The van der Waals surface area contributed by atoms with Crippen molar-refractivity contribution in [1.82, 2.24) is 15.0 Å². The third kappa shape index (κ3) is 4.29. The van der Waals surface area contributed by atoms with E-state index in [1.165, 1.54) is 25.4 Å². The topological polar surface area (TPSA) is 88.2 Å². The number of rotatable bonds is 5. The third-order valence-electron chi connectivity index (χ3n) is 1.93. The Morgan fingerprint density at radius 3 is 2.82 bits per heavy atom. The van der Waals surface area contributed by atoms with Crippen LogP contribution in [0.2, 0.25) is 5.15 Å². The third-order valence-corrected chi connectivity index (χ3v) is 3.60. The van der Waals surface area contributed by atoms with E-state index in [1.807, 2.05) is 0 Å². The molecule has 1 heterocycles. The highest BCUT2D eigenvalue weighted by atomic mass is 35.5. The minimum absolute atomic E-state index is 0.0226. The number of nitrogens with one attached hydrogen (secondary N) is 2. The standard InChI is InChI=1S/C9H12ClN3O3S/c1-11-9(14)3-5-13-17(15,16)7-2-4-12-8(10)6-7/h2,4,6,13H,3,5H2,1H3,(H,11,14). The Balaban J connectivity index is 2.66. The molecule has 1 amide bonds. The van der Waals surface area contributed by atoms with Gasteiger partial charge in [-0.05, 0) is 12.1 Å². The number of carbonyl (C=O) groups is 1. The normalized spacial score (nSPS) is 11.2. The molecular weight excluding hydrogens is 266 g/mol. The quantitative estimate of drug-likeness (QED) is 0.750. The molecule has 6 nitrogen and oxygen atoms in total. The van der Waals surface area contributed by atoms with Crippen LogP contribution in [0.4, 0.5) is 0 Å². The number of aromatic nitrogens is 1. The Bertz CT molecular complexity index is 504. The minimum Gasteiger partial charge on any atom is -0.359 e. The molecule has 0 atom stereocenters. The summed E-state index contributed by atoms with van der Waals surface area (Å²) in [5.74, 6) is -0.236. The fraction of sp³-hybridized carbons (Fsp3) is 0.333. The smallest absolute Gasteiger partial charge is 0.240 e. The van der Waals surface area contributed by atoms with Crippen molar-refractivity contribution >= 4 is 27.5 Å². The molecule has 2 N–H and O–H groups in total. The SMILES string of the molecule is CNC(=O)CCNS(=O)(=O)c1ccnc(Cl)c1. The molecule has 0 spiro atoms. The van der Waals surface area contributed by atoms with Gasteiger partial charge in [0.2, 0.25) is 15.9 Å². The molecule has 0 bridgehead atoms. The maximum Gasteiger partial charge on any atom is 0.240 e. The molecule has 1 rings (SSSR count). The van der Waals surface area contributed by atoms with Gasteiger partial charge < -0.3 is 5.32 Å². The Kier molecular flexibility index (Phi) is 4.86. The summed E-state index contributed by atoms with van der Waals surface area (Å²) in [6.07, 6.45) is 1.38. The second-order valence-corrected chi connectivity index (χ2v) is 5.29. The maximum absolute atomic E-state index is 11.7. The Morgan fingerprint density at radius 1 is 1.53 bits per heavy atom. The average molecular weight is 278 g/mol. The van der Waals surface area contributed by atoms with Crippen molar-refractivity contribution in [2.24, 2.45) is 0 Å². The zero-order valence-corrected chi connectivity index (χ0v) is 10.7. The van der Waals surface area contributed by atoms with Gasteiger partial charge in [-0.2, -0.15) is 0 Å². The van der Waals surface area contributed by atoms with Gasteiger partial charge in [0.25, 0.3) is 0 Å². The van der Waals surface area contributed by atoms with Gasteiger partial charge in [0, 0.05) is 26.2 Å². The number of amides is 1. The molecule has 1 aromatic rings. The summed E-state index contributed by atoms with van der Waals surface area (Å²) >= 11 is 5.59. The first-order valence-corrected chi connectivity index (χ1v) is 6.63. The fourth-order valence-corrected chi connectivity index (χ4v) is 2.34. The van der Waals surface area contributed by atoms with Crippen molar-refractivity contribution in [3.8, 4) is 0 Å². The molecule has 0 radical (unpaired) electrons. The zero-order chi connectivity index (χ0) is 12.9. The second kappa shape index (κ2) is 5.95. The average Bonchev–Trinajstić information content (AvgIpc) is 2.28. The van der Waals surface area contributed by atoms with Crippen molar-refractivity contribution in [1.29, 1.82) is 0 Å². The van der Waals surface area contributed by atoms with Gasteiger partial charge in [0.05, 0.1) is 4.90 Å². The second-order valence-electron chi connectivity index (χ2n) is 3.14. The molecule has 0 saturated heterocycles. The van der Waals surface area contributed by atoms with Gasteiger partial charge >= 0.3 is 0 Å². The highest BCUT2D eigenvalue weighted by molar-refractivity contribution is 7.89. The van der Waals surface area contributed by atoms with E-state index in [9.17, 15) is 13.2 Å². The fourth-order valence-electron chi connectivity index (χ4n) is 1.06. The number of halogens is 1. The Labute approximate surface area is 104 Å². The van der Waals surface area contributed by atoms with E-state index in [1.54, 1.807) is 0 Å². The lowest BCUT2D eigenvalue weighted by molar-refractivity contribution is -0.120. The van der Waals surface area contributed by atoms with Crippen LogP contribution in [0.5, 0.6) is 0 Å². The van der Waals surface area contributed by atoms with Crippen LogP contribution in [0.15, 0.2) is 23.2 Å². The summed E-state index contributed by atoms with van der Waals surface area (Å²) in [5.41, 5.74) is 0. The van der Waals surface area contributed by atoms with Crippen LogP contribution >= 0.6 is 11.6 Å². The summed E-state index contributed by atoms with van der Waals surface area (Å²) < 4.78 is 25.7. The monoisotopic (exact) mass is 277 g/mol. The number of hydrogen-bond acceptors (Lipinski definition) is 4. The molecule has 0 aliphatic rings. The van der Waals surface area contributed by atoms with Crippen LogP contribution < -0.4 is 10.0 Å². The van der Waals surface area contributed by atoms with Crippen LogP contribution in [0.3, 0.4) is 0 Å². The summed E-state index contributed by atoms with van der Waals surface area (Å²) in [6, 6.07) is 2.57. The lowest BCUT2D eigenvalue weighted by Crippen LogP contribution is -2.29. The minimum atomic E-state index is -3.64. The van der Waals surface area contributed by atoms with Gasteiger partial charge in [0.15, 0.2) is 0 Å². The number of sulfonamides is 1. The van der Waals surface area contributed by atoms with E-state index >= 15 is 0 Å². The molecule has 94 valence electrons. The van der Waals surface area contributed by atoms with Crippen LogP contribution in [-0.4, -0.2) is 32.9 Å². The largest absolute Gasteiger partial charge is 0.359 e. The molecule has 0 fully saturated rings. The zero-order valence-electron chi connectivity index (χ0n) is 9.10. The van der Waals surface area contributed by atoms with Gasteiger partial charge in [-0.25, -0.2) is 18.1 Å². The van der Waals surface area contributed by atoms with Crippen molar-refractivity contribution < 1.29 is 13.2 Å². The van der Waals surface area contributed by atoms with Crippen LogP contribution in [0.25, 0.3) is 0 Å². The molecule has 0 aromatic carbocycles. The number of nitrogens with zero attached hydrogens (tertiary/aromatic N) is 1. The first kappa shape index (κ1) is 13.9. The number of pyridine rings is 1. The van der Waals surface area contributed by atoms with E-state index in [4.69, 9.17) is 11.6 Å². The highest BCUT2D eigenvalue weighted by Gasteiger charge is 2.14. The van der Waals surface area contributed by atoms with E-state index in [0.717, 1.165) is 0 Å². The lowest BCUT2D eigenvalue weighted by Gasteiger charge is -2.06. The molecule has 0 aliphatic heterocycles. The van der Waals surface area contributed by atoms with Gasteiger partial charge in [0.1, 0.15) is 5.15 Å². The molecule has 0 aliphatic carbocycles. The van der Waals surface area contributed by atoms with E-state index in [-0.39, 0.29) is 28.9 Å². The van der Waals surface area contributed by atoms with Crippen LogP contribution in [-0.2, 0) is 14.8 Å². The number of carbonyl (C=O) groups excluding carboxylic acids is 1. The molecule has 8 heteroatoms. The highest BCUT2D eigenvalue weighted by Crippen LogP contribution is 2.12. The first-order valence-electron chi connectivity index (χ1n) is 4.77. The van der Waals surface area contributed by atoms with Crippen molar-refractivity contribution in [3.05, 3.63) is 23.5 Å². The molecule has 0 saturated carbocycles. The Morgan fingerprint density at radius 2 is 2.24 bits per heavy atom. The summed E-state index contributed by atoms with van der Waals surface area (Å²) in [7, 11) is -2.16. The van der Waals surface area contributed by atoms with Gasteiger partial charge in [-0.1, -0.05) is 11.6 Å². The van der Waals surface area contributed by atoms with Crippen LogP contribution in [0.1, 0.15) is 6.42 Å². The maximum atomic E-state index is 11.7. The van der Waals surface area contributed by atoms with Crippen molar-refractivity contribution in [2.75, 3.05) is 13.6 Å². The molecule has 0 unspecified atom stereocenters.